The molecule has 0 aromatic heterocycles. The Morgan fingerprint density at radius 1 is 1.30 bits per heavy atom. The van der Waals surface area contributed by atoms with Gasteiger partial charge in [0.25, 0.3) is 0 Å². The van der Waals surface area contributed by atoms with Gasteiger partial charge in [0.15, 0.2) is 28.1 Å². The van der Waals surface area contributed by atoms with Crippen LogP contribution in [0.3, 0.4) is 0 Å². The molecule has 128 valence electrons. The molecule has 2 amide bonds. The number of hydrogen-bond donors (Lipinski definition) is 1. The van der Waals surface area contributed by atoms with E-state index < -0.39 is 9.84 Å². The smallest absolute Gasteiger partial charge is 0.320 e. The molecule has 0 radical (unpaired) electrons. The minimum Gasteiger partial charge on any atom is -0.490 e. The quantitative estimate of drug-likeness (QED) is 0.787. The number of para-hydroxylation sites is 2. The number of carbonyl (C=O) groups is 1. The van der Waals surface area contributed by atoms with Gasteiger partial charge in [-0.25, -0.2) is 13.2 Å². The van der Waals surface area contributed by atoms with Crippen LogP contribution in [0.5, 0.6) is 11.5 Å². The third-order valence-corrected chi connectivity index (χ3v) is 5.43. The summed E-state index contributed by atoms with van der Waals surface area (Å²) < 4.78 is 33.9. The van der Waals surface area contributed by atoms with Crippen molar-refractivity contribution in [3.8, 4) is 11.5 Å². The third-order valence-electron chi connectivity index (χ3n) is 3.68. The maximum Gasteiger partial charge on any atom is 0.320 e. The molecule has 23 heavy (non-hydrogen) atoms. The van der Waals surface area contributed by atoms with Gasteiger partial charge in [0.05, 0.1) is 18.1 Å². The Balaban J connectivity index is 1.83. The predicted molar refractivity (Wildman–Crippen MR) is 86.5 cm³/mol. The molecule has 1 fully saturated rings. The highest BCUT2D eigenvalue weighted by molar-refractivity contribution is 7.91. The second-order valence-corrected chi connectivity index (χ2v) is 7.55. The number of amides is 2. The molecule has 1 saturated heterocycles. The first kappa shape index (κ1) is 17.4. The van der Waals surface area contributed by atoms with Crippen LogP contribution in [0.4, 0.5) is 4.79 Å². The van der Waals surface area contributed by atoms with Gasteiger partial charge in [0.2, 0.25) is 0 Å². The van der Waals surface area contributed by atoms with Crippen LogP contribution in [0.15, 0.2) is 24.3 Å². The monoisotopic (exact) mass is 342 g/mol. The van der Waals surface area contributed by atoms with Crippen molar-refractivity contribution in [2.75, 3.05) is 31.9 Å². The largest absolute Gasteiger partial charge is 0.490 e. The number of rotatable bonds is 6. The zero-order chi connectivity index (χ0) is 16.9. The molecule has 1 aliphatic heterocycles. The molecule has 1 unspecified atom stereocenters. The first-order valence-electron chi connectivity index (χ1n) is 7.48. The van der Waals surface area contributed by atoms with Gasteiger partial charge in [0.1, 0.15) is 0 Å². The van der Waals surface area contributed by atoms with Crippen LogP contribution >= 0.6 is 0 Å². The molecule has 1 atom stereocenters. The predicted octanol–water partition coefficient (Wildman–Crippen LogP) is 1.25. The molecular formula is C15H22N2O5S. The summed E-state index contributed by atoms with van der Waals surface area (Å²) in [4.78, 5) is 13.5. The van der Waals surface area contributed by atoms with Gasteiger partial charge >= 0.3 is 6.03 Å². The van der Waals surface area contributed by atoms with Crippen molar-refractivity contribution >= 4 is 15.9 Å². The molecule has 8 heteroatoms. The van der Waals surface area contributed by atoms with Crippen LogP contribution in [-0.2, 0) is 9.84 Å². The molecule has 1 heterocycles. The fourth-order valence-corrected chi connectivity index (χ4v) is 4.17. The summed E-state index contributed by atoms with van der Waals surface area (Å²) in [7, 11) is -1.43. The molecule has 1 aromatic rings. The van der Waals surface area contributed by atoms with Crippen LogP contribution in [0.25, 0.3) is 0 Å². The van der Waals surface area contributed by atoms with Crippen molar-refractivity contribution in [2.24, 2.45) is 0 Å². The zero-order valence-electron chi connectivity index (χ0n) is 13.3. The molecule has 1 aliphatic rings. The highest BCUT2D eigenvalue weighted by Gasteiger charge is 2.32. The Morgan fingerprint density at radius 3 is 2.52 bits per heavy atom. The van der Waals surface area contributed by atoms with Crippen molar-refractivity contribution in [2.45, 2.75) is 19.4 Å². The van der Waals surface area contributed by atoms with Crippen molar-refractivity contribution in [3.05, 3.63) is 24.3 Å². The number of nitrogens with zero attached hydrogens (tertiary/aromatic N) is 1. The lowest BCUT2D eigenvalue weighted by Gasteiger charge is -2.23. The number of benzene rings is 1. The van der Waals surface area contributed by atoms with Gasteiger partial charge < -0.3 is 19.7 Å². The van der Waals surface area contributed by atoms with Gasteiger partial charge in [-0.1, -0.05) is 12.1 Å². The van der Waals surface area contributed by atoms with Gasteiger partial charge in [0, 0.05) is 13.1 Å². The van der Waals surface area contributed by atoms with Crippen LogP contribution in [0.2, 0.25) is 0 Å². The fraction of sp³-hybridized carbons (Fsp3) is 0.533. The van der Waals surface area contributed by atoms with Crippen molar-refractivity contribution in [3.63, 3.8) is 0 Å². The first-order chi connectivity index (χ1) is 10.9. The molecule has 1 aromatic carbocycles. The van der Waals surface area contributed by atoms with Crippen LogP contribution < -0.4 is 14.8 Å². The summed E-state index contributed by atoms with van der Waals surface area (Å²) in [6, 6.07) is 6.55. The second-order valence-electron chi connectivity index (χ2n) is 5.32. The van der Waals surface area contributed by atoms with Crippen molar-refractivity contribution in [1.29, 1.82) is 0 Å². The van der Waals surface area contributed by atoms with E-state index in [-0.39, 0.29) is 30.3 Å². The van der Waals surface area contributed by atoms with E-state index in [1.807, 2.05) is 19.1 Å². The normalized spacial score (nSPS) is 19.1. The van der Waals surface area contributed by atoms with Gasteiger partial charge in [-0.2, -0.15) is 0 Å². The van der Waals surface area contributed by atoms with Crippen LogP contribution in [0.1, 0.15) is 13.3 Å². The van der Waals surface area contributed by atoms with E-state index >= 15 is 0 Å². The number of ether oxygens (including phenoxy) is 2. The third kappa shape index (κ3) is 4.75. The Kier molecular flexibility index (Phi) is 5.70. The van der Waals surface area contributed by atoms with E-state index in [2.05, 4.69) is 5.32 Å². The minimum atomic E-state index is -3.02. The Bertz CT molecular complexity index is 647. The Hall–Kier alpha value is -1.96. The van der Waals surface area contributed by atoms with Crippen molar-refractivity contribution in [1.82, 2.24) is 10.2 Å². The SMILES string of the molecule is CCOc1ccccc1OCNC(=O)N(C)C1CCS(=O)(=O)C1. The lowest BCUT2D eigenvalue weighted by molar-refractivity contribution is 0.180. The molecular weight excluding hydrogens is 320 g/mol. The molecule has 2 rings (SSSR count). The summed E-state index contributed by atoms with van der Waals surface area (Å²) in [5.74, 6) is 1.30. The summed E-state index contributed by atoms with van der Waals surface area (Å²) >= 11 is 0. The highest BCUT2D eigenvalue weighted by Crippen LogP contribution is 2.26. The fourth-order valence-electron chi connectivity index (χ4n) is 2.39. The number of sulfone groups is 1. The number of hydrogen-bond acceptors (Lipinski definition) is 5. The van der Waals surface area contributed by atoms with Crippen molar-refractivity contribution < 1.29 is 22.7 Å². The van der Waals surface area contributed by atoms with E-state index in [9.17, 15) is 13.2 Å². The molecule has 0 saturated carbocycles. The summed E-state index contributed by atoms with van der Waals surface area (Å²) in [5, 5.41) is 2.62. The first-order valence-corrected chi connectivity index (χ1v) is 9.31. The lowest BCUT2D eigenvalue weighted by Crippen LogP contribution is -2.45. The number of carbonyl (C=O) groups excluding carboxylic acids is 1. The standard InChI is InChI=1S/C15H22N2O5S/c1-3-21-13-6-4-5-7-14(13)22-11-16-15(18)17(2)12-8-9-23(19,20)10-12/h4-7,12H,3,8-11H2,1-2H3,(H,16,18). The lowest BCUT2D eigenvalue weighted by atomic mass is 10.2. The van der Waals surface area contributed by atoms with E-state index in [1.165, 1.54) is 4.90 Å². The highest BCUT2D eigenvalue weighted by atomic mass is 32.2. The van der Waals surface area contributed by atoms with E-state index in [1.54, 1.807) is 19.2 Å². The molecule has 0 bridgehead atoms. The summed E-state index contributed by atoms with van der Waals surface area (Å²) in [6.07, 6.45) is 0.473. The second kappa shape index (κ2) is 7.54. The van der Waals surface area contributed by atoms with Gasteiger partial charge in [-0.05, 0) is 25.5 Å². The summed E-state index contributed by atoms with van der Waals surface area (Å²) in [6.45, 7) is 2.38. The molecule has 0 spiro atoms. The molecule has 1 N–H and O–H groups in total. The Morgan fingerprint density at radius 2 is 1.96 bits per heavy atom. The number of urea groups is 1. The van der Waals surface area contributed by atoms with E-state index in [0.29, 0.717) is 24.5 Å². The van der Waals surface area contributed by atoms with E-state index in [4.69, 9.17) is 9.47 Å². The zero-order valence-corrected chi connectivity index (χ0v) is 14.1. The van der Waals surface area contributed by atoms with Gasteiger partial charge in [-0.3, -0.25) is 0 Å². The molecule has 7 nitrogen and oxygen atoms in total. The average molecular weight is 342 g/mol. The van der Waals surface area contributed by atoms with Crippen LogP contribution in [0, 0.1) is 0 Å². The average Bonchev–Trinajstić information content (AvgIpc) is 2.88. The molecule has 0 aliphatic carbocycles. The maximum absolute atomic E-state index is 12.1. The Labute approximate surface area is 136 Å². The van der Waals surface area contributed by atoms with E-state index in [0.717, 1.165) is 0 Å². The minimum absolute atomic E-state index is 0.0188. The summed E-state index contributed by atoms with van der Waals surface area (Å²) in [5.41, 5.74) is 0. The maximum atomic E-state index is 12.1. The van der Waals surface area contributed by atoms with Crippen LogP contribution in [-0.4, -0.2) is 57.3 Å². The van der Waals surface area contributed by atoms with Gasteiger partial charge in [-0.15, -0.1) is 0 Å². The number of nitrogens with one attached hydrogen (secondary N) is 1. The topological polar surface area (TPSA) is 84.9 Å².